The molecule has 0 aliphatic heterocycles. The van der Waals surface area contributed by atoms with Gasteiger partial charge in [0, 0.05) is 6.20 Å². The van der Waals surface area contributed by atoms with E-state index in [0.29, 0.717) is 11.4 Å². The van der Waals surface area contributed by atoms with Crippen LogP contribution in [0.25, 0.3) is 5.69 Å². The highest BCUT2D eigenvalue weighted by molar-refractivity contribution is 5.78. The number of aromatic nitrogens is 2. The van der Waals surface area contributed by atoms with Gasteiger partial charge in [-0.1, -0.05) is 18.2 Å². The van der Waals surface area contributed by atoms with E-state index in [1.165, 1.54) is 7.11 Å². The van der Waals surface area contributed by atoms with Crippen LogP contribution in [0.15, 0.2) is 36.5 Å². The highest BCUT2D eigenvalue weighted by Crippen LogP contribution is 2.16. The summed E-state index contributed by atoms with van der Waals surface area (Å²) < 4.78 is 6.59. The molecule has 0 spiro atoms. The Labute approximate surface area is 87.1 Å². The normalized spacial score (nSPS) is 9.93. The van der Waals surface area contributed by atoms with Crippen LogP contribution in [0.3, 0.4) is 0 Å². The summed E-state index contributed by atoms with van der Waals surface area (Å²) in [4.78, 5) is 10.7. The first kappa shape index (κ1) is 9.45. The van der Waals surface area contributed by atoms with Crippen molar-refractivity contribution >= 4 is 6.29 Å². The Balaban J connectivity index is 2.46. The zero-order valence-corrected chi connectivity index (χ0v) is 8.25. The van der Waals surface area contributed by atoms with Crippen LogP contribution < -0.4 is 4.74 Å². The van der Waals surface area contributed by atoms with E-state index in [0.717, 1.165) is 12.0 Å². The number of carbonyl (C=O) groups is 1. The minimum absolute atomic E-state index is 0.342. The van der Waals surface area contributed by atoms with Crippen LogP contribution in [0, 0.1) is 0 Å². The SMILES string of the molecule is COc1nn(-c2ccccc2)cc1C=O. The van der Waals surface area contributed by atoms with Crippen molar-refractivity contribution in [2.75, 3.05) is 7.11 Å². The standard InChI is InChI=1S/C11H10N2O2/c1-15-11-9(8-14)7-13(12-11)10-5-3-2-4-6-10/h2-8H,1H3. The second kappa shape index (κ2) is 3.96. The molecule has 0 bridgehead atoms. The molecule has 1 aromatic heterocycles. The molecule has 76 valence electrons. The minimum Gasteiger partial charge on any atom is -0.479 e. The maximum Gasteiger partial charge on any atom is 0.243 e. The van der Waals surface area contributed by atoms with Crippen molar-refractivity contribution < 1.29 is 9.53 Å². The van der Waals surface area contributed by atoms with Crippen LogP contribution in [0.1, 0.15) is 10.4 Å². The van der Waals surface area contributed by atoms with Gasteiger partial charge >= 0.3 is 0 Å². The molecule has 0 aliphatic carbocycles. The summed E-state index contributed by atoms with van der Waals surface area (Å²) in [7, 11) is 1.49. The Bertz CT molecular complexity index is 463. The van der Waals surface area contributed by atoms with E-state index >= 15 is 0 Å². The Kier molecular flexibility index (Phi) is 2.49. The third-order valence-electron chi connectivity index (χ3n) is 2.05. The van der Waals surface area contributed by atoms with Gasteiger partial charge in [-0.05, 0) is 12.1 Å². The lowest BCUT2D eigenvalue weighted by atomic mass is 10.3. The molecule has 0 amide bonds. The second-order valence-electron chi connectivity index (χ2n) is 2.99. The topological polar surface area (TPSA) is 44.1 Å². The summed E-state index contributed by atoms with van der Waals surface area (Å²) in [6.45, 7) is 0. The molecule has 0 unspecified atom stereocenters. The predicted octanol–water partition coefficient (Wildman–Crippen LogP) is 1.69. The van der Waals surface area contributed by atoms with Crippen LogP contribution in [0.5, 0.6) is 5.88 Å². The molecule has 0 radical (unpaired) electrons. The summed E-state index contributed by atoms with van der Waals surface area (Å²) in [5, 5.41) is 4.13. The van der Waals surface area contributed by atoms with Crippen LogP contribution in [0.4, 0.5) is 0 Å². The quantitative estimate of drug-likeness (QED) is 0.711. The summed E-state index contributed by atoms with van der Waals surface area (Å²) in [6.07, 6.45) is 2.37. The lowest BCUT2D eigenvalue weighted by Gasteiger charge is -1.98. The number of hydrogen-bond acceptors (Lipinski definition) is 3. The van der Waals surface area contributed by atoms with Gasteiger partial charge in [-0.3, -0.25) is 4.79 Å². The van der Waals surface area contributed by atoms with Crippen LogP contribution in [-0.4, -0.2) is 23.2 Å². The fourth-order valence-electron chi connectivity index (χ4n) is 1.32. The van der Waals surface area contributed by atoms with Gasteiger partial charge in [-0.2, -0.15) is 0 Å². The third kappa shape index (κ3) is 1.74. The molecule has 4 nitrogen and oxygen atoms in total. The van der Waals surface area contributed by atoms with Gasteiger partial charge in [0.1, 0.15) is 0 Å². The Morgan fingerprint density at radius 3 is 2.60 bits per heavy atom. The molecule has 1 aromatic carbocycles. The van der Waals surface area contributed by atoms with E-state index < -0.39 is 0 Å². The van der Waals surface area contributed by atoms with Crippen LogP contribution in [0.2, 0.25) is 0 Å². The summed E-state index contributed by atoms with van der Waals surface area (Å²) in [5.74, 6) is 0.342. The number of nitrogens with zero attached hydrogens (tertiary/aromatic N) is 2. The minimum atomic E-state index is 0.342. The molecule has 15 heavy (non-hydrogen) atoms. The Morgan fingerprint density at radius 1 is 1.33 bits per heavy atom. The molecule has 0 atom stereocenters. The van der Waals surface area contributed by atoms with Gasteiger partial charge in [-0.15, -0.1) is 5.10 Å². The smallest absolute Gasteiger partial charge is 0.243 e. The fraction of sp³-hybridized carbons (Fsp3) is 0.0909. The average Bonchev–Trinajstić information content (AvgIpc) is 2.73. The molecular weight excluding hydrogens is 192 g/mol. The number of aldehydes is 1. The van der Waals surface area contributed by atoms with Gasteiger partial charge in [0.15, 0.2) is 6.29 Å². The van der Waals surface area contributed by atoms with Crippen molar-refractivity contribution in [2.24, 2.45) is 0 Å². The van der Waals surface area contributed by atoms with E-state index in [1.807, 2.05) is 30.3 Å². The van der Waals surface area contributed by atoms with Crippen molar-refractivity contribution in [3.05, 3.63) is 42.1 Å². The van der Waals surface area contributed by atoms with Crippen LogP contribution in [-0.2, 0) is 0 Å². The second-order valence-corrected chi connectivity index (χ2v) is 2.99. The van der Waals surface area contributed by atoms with E-state index in [9.17, 15) is 4.79 Å². The third-order valence-corrected chi connectivity index (χ3v) is 2.05. The highest BCUT2D eigenvalue weighted by atomic mass is 16.5. The van der Waals surface area contributed by atoms with Gasteiger partial charge in [0.25, 0.3) is 0 Å². The molecule has 0 fully saturated rings. The van der Waals surface area contributed by atoms with E-state index in [-0.39, 0.29) is 0 Å². The molecule has 0 saturated carbocycles. The maximum absolute atomic E-state index is 10.7. The first-order chi connectivity index (χ1) is 7.35. The summed E-state index contributed by atoms with van der Waals surface area (Å²) in [6, 6.07) is 9.54. The Hall–Kier alpha value is -2.10. The average molecular weight is 202 g/mol. The summed E-state index contributed by atoms with van der Waals surface area (Å²) in [5.41, 5.74) is 1.34. The van der Waals surface area contributed by atoms with Gasteiger partial charge in [0.2, 0.25) is 5.88 Å². The number of para-hydroxylation sites is 1. The monoisotopic (exact) mass is 202 g/mol. The number of rotatable bonds is 3. The molecule has 0 saturated heterocycles. The predicted molar refractivity (Wildman–Crippen MR) is 55.5 cm³/mol. The molecule has 2 aromatic rings. The lowest BCUT2D eigenvalue weighted by molar-refractivity contribution is 0.112. The lowest BCUT2D eigenvalue weighted by Crippen LogP contribution is -1.94. The Morgan fingerprint density at radius 2 is 2.07 bits per heavy atom. The van der Waals surface area contributed by atoms with E-state index in [2.05, 4.69) is 5.10 Å². The van der Waals surface area contributed by atoms with Crippen LogP contribution >= 0.6 is 0 Å². The molecule has 2 rings (SSSR count). The van der Waals surface area contributed by atoms with Gasteiger partial charge in [0.05, 0.1) is 18.4 Å². The number of hydrogen-bond donors (Lipinski definition) is 0. The van der Waals surface area contributed by atoms with Gasteiger partial charge in [-0.25, -0.2) is 4.68 Å². The molecule has 1 heterocycles. The number of benzene rings is 1. The van der Waals surface area contributed by atoms with Crippen molar-refractivity contribution in [2.45, 2.75) is 0 Å². The zero-order valence-electron chi connectivity index (χ0n) is 8.25. The first-order valence-corrected chi connectivity index (χ1v) is 4.49. The van der Waals surface area contributed by atoms with Gasteiger partial charge < -0.3 is 4.74 Å². The molecule has 0 aliphatic rings. The van der Waals surface area contributed by atoms with Crippen molar-refractivity contribution in [1.82, 2.24) is 9.78 Å². The largest absolute Gasteiger partial charge is 0.479 e. The van der Waals surface area contributed by atoms with Crippen molar-refractivity contribution in [3.63, 3.8) is 0 Å². The highest BCUT2D eigenvalue weighted by Gasteiger charge is 2.08. The van der Waals surface area contributed by atoms with E-state index in [1.54, 1.807) is 10.9 Å². The molecule has 4 heteroatoms. The zero-order chi connectivity index (χ0) is 10.7. The summed E-state index contributed by atoms with van der Waals surface area (Å²) >= 11 is 0. The first-order valence-electron chi connectivity index (χ1n) is 4.49. The van der Waals surface area contributed by atoms with Crippen molar-refractivity contribution in [3.8, 4) is 11.6 Å². The fourth-order valence-corrected chi connectivity index (χ4v) is 1.32. The van der Waals surface area contributed by atoms with Crippen molar-refractivity contribution in [1.29, 1.82) is 0 Å². The number of ether oxygens (including phenoxy) is 1. The number of carbonyl (C=O) groups excluding carboxylic acids is 1. The maximum atomic E-state index is 10.7. The van der Waals surface area contributed by atoms with E-state index in [4.69, 9.17) is 4.74 Å². The molecular formula is C11H10N2O2. The molecule has 0 N–H and O–H groups in total. The number of methoxy groups -OCH3 is 1.